The first-order valence-corrected chi connectivity index (χ1v) is 9.29. The Bertz CT molecular complexity index is 1170. The van der Waals surface area contributed by atoms with Crippen LogP contribution in [-0.4, -0.2) is 19.3 Å². The van der Waals surface area contributed by atoms with Crippen molar-refractivity contribution < 1.29 is 5.11 Å². The van der Waals surface area contributed by atoms with Crippen LogP contribution in [0.25, 0.3) is 11.2 Å². The smallest absolute Gasteiger partial charge is 0.283 e. The zero-order chi connectivity index (χ0) is 19.0. The molecule has 0 saturated heterocycles. The highest BCUT2D eigenvalue weighted by Gasteiger charge is 2.19. The largest absolute Gasteiger partial charge is 0.507 e. The summed E-state index contributed by atoms with van der Waals surface area (Å²) in [4.78, 5) is 14.8. The second-order valence-electron chi connectivity index (χ2n) is 6.17. The first-order chi connectivity index (χ1) is 13.1. The van der Waals surface area contributed by atoms with Crippen LogP contribution in [0.4, 0.5) is 0 Å². The fourth-order valence-corrected chi connectivity index (χ4v) is 3.88. The van der Waals surface area contributed by atoms with Crippen LogP contribution in [0.3, 0.4) is 0 Å². The average molecular weight is 378 g/mol. The van der Waals surface area contributed by atoms with Gasteiger partial charge in [0.2, 0.25) is 0 Å². The fourth-order valence-electron chi connectivity index (χ4n) is 2.92. The summed E-state index contributed by atoms with van der Waals surface area (Å²) in [7, 11) is 0. The topological polar surface area (TPSA) is 85.6 Å². The molecular formula is C20H18N4O2S. The number of nitrogens with zero attached hydrogens (tertiary/aromatic N) is 3. The molecule has 2 heterocycles. The summed E-state index contributed by atoms with van der Waals surface area (Å²) >= 11 is 1.33. The molecular weight excluding hydrogens is 360 g/mol. The van der Waals surface area contributed by atoms with Gasteiger partial charge >= 0.3 is 0 Å². The van der Waals surface area contributed by atoms with E-state index in [1.165, 1.54) is 11.8 Å². The number of phenols is 1. The summed E-state index contributed by atoms with van der Waals surface area (Å²) in [5.41, 5.74) is 7.04. The van der Waals surface area contributed by atoms with E-state index in [-0.39, 0.29) is 11.3 Å². The van der Waals surface area contributed by atoms with E-state index < -0.39 is 6.04 Å². The van der Waals surface area contributed by atoms with Gasteiger partial charge in [0.1, 0.15) is 11.3 Å². The molecule has 0 fully saturated rings. The summed E-state index contributed by atoms with van der Waals surface area (Å²) in [6.45, 7) is 1.80. The lowest BCUT2D eigenvalue weighted by Gasteiger charge is -2.15. The molecule has 4 rings (SSSR count). The van der Waals surface area contributed by atoms with Crippen LogP contribution in [-0.2, 0) is 0 Å². The molecule has 3 N–H and O–H groups in total. The Kier molecular flexibility index (Phi) is 4.47. The molecule has 0 radical (unpaired) electrons. The molecule has 1 unspecified atom stereocenters. The highest BCUT2D eigenvalue weighted by molar-refractivity contribution is 7.99. The molecule has 0 saturated carbocycles. The Morgan fingerprint density at radius 1 is 1.04 bits per heavy atom. The van der Waals surface area contributed by atoms with Crippen molar-refractivity contribution in [2.24, 2.45) is 5.73 Å². The lowest BCUT2D eigenvalue weighted by Crippen LogP contribution is -2.29. The van der Waals surface area contributed by atoms with Gasteiger partial charge in [-0.15, -0.1) is 0 Å². The highest BCUT2D eigenvalue weighted by atomic mass is 32.2. The number of nitrogens with two attached hydrogens (primary N) is 1. The molecule has 0 spiro atoms. The van der Waals surface area contributed by atoms with Gasteiger partial charge in [-0.1, -0.05) is 42.1 Å². The standard InChI is InChI=1S/C20H18N4O2S/c1-13(21)19-22-23-12-11-17(27-16-10-6-5-9-15(16)25)18(23)20(26)24(19)14-7-3-2-4-8-14/h2-13,25H,21H2,1H3. The molecule has 136 valence electrons. The number of para-hydroxylation sites is 2. The number of aromatic hydroxyl groups is 1. The van der Waals surface area contributed by atoms with Gasteiger partial charge in [0.25, 0.3) is 5.56 Å². The second kappa shape index (κ2) is 6.94. The van der Waals surface area contributed by atoms with Crippen LogP contribution in [0.5, 0.6) is 5.75 Å². The molecule has 4 aromatic rings. The van der Waals surface area contributed by atoms with Crippen molar-refractivity contribution >= 4 is 17.3 Å². The summed E-state index contributed by atoms with van der Waals surface area (Å²) in [6, 6.07) is 17.8. The first kappa shape index (κ1) is 17.4. The van der Waals surface area contributed by atoms with Crippen LogP contribution in [0.15, 0.2) is 81.4 Å². The van der Waals surface area contributed by atoms with Crippen LogP contribution >= 0.6 is 11.8 Å². The maximum atomic E-state index is 13.4. The third-order valence-electron chi connectivity index (χ3n) is 4.18. The third-order valence-corrected chi connectivity index (χ3v) is 5.30. The minimum absolute atomic E-state index is 0.172. The van der Waals surface area contributed by atoms with E-state index in [4.69, 9.17) is 5.73 Å². The number of benzene rings is 2. The molecule has 0 aliphatic heterocycles. The molecule has 27 heavy (non-hydrogen) atoms. The van der Waals surface area contributed by atoms with E-state index in [2.05, 4.69) is 5.10 Å². The van der Waals surface area contributed by atoms with Crippen molar-refractivity contribution in [1.82, 2.24) is 14.2 Å². The number of aromatic nitrogens is 3. The van der Waals surface area contributed by atoms with Gasteiger partial charge in [-0.25, -0.2) is 4.52 Å². The van der Waals surface area contributed by atoms with Gasteiger partial charge < -0.3 is 10.8 Å². The Morgan fingerprint density at radius 2 is 1.74 bits per heavy atom. The Labute approximate surface area is 159 Å². The van der Waals surface area contributed by atoms with E-state index >= 15 is 0 Å². The Morgan fingerprint density at radius 3 is 2.44 bits per heavy atom. The van der Waals surface area contributed by atoms with Crippen LogP contribution < -0.4 is 11.3 Å². The molecule has 1 atom stereocenters. The van der Waals surface area contributed by atoms with E-state index in [1.54, 1.807) is 34.3 Å². The number of rotatable bonds is 4. The van der Waals surface area contributed by atoms with Crippen LogP contribution in [0.1, 0.15) is 18.8 Å². The van der Waals surface area contributed by atoms with E-state index in [9.17, 15) is 9.90 Å². The van der Waals surface area contributed by atoms with Gasteiger partial charge in [-0.3, -0.25) is 9.36 Å². The molecule has 6 nitrogen and oxygen atoms in total. The summed E-state index contributed by atoms with van der Waals surface area (Å²) in [5, 5.41) is 14.6. The Balaban J connectivity index is 1.95. The summed E-state index contributed by atoms with van der Waals surface area (Å²) in [6.07, 6.45) is 1.74. The molecule has 0 bridgehead atoms. The average Bonchev–Trinajstić information content (AvgIpc) is 3.07. The maximum Gasteiger partial charge on any atom is 0.283 e. The highest BCUT2D eigenvalue weighted by Crippen LogP contribution is 2.35. The maximum absolute atomic E-state index is 13.4. The number of hydrogen-bond acceptors (Lipinski definition) is 5. The van der Waals surface area contributed by atoms with E-state index in [0.717, 1.165) is 4.90 Å². The number of fused-ring (bicyclic) bond motifs is 1. The third kappa shape index (κ3) is 3.11. The lowest BCUT2D eigenvalue weighted by molar-refractivity contribution is 0.462. The Hall–Kier alpha value is -3.03. The van der Waals surface area contributed by atoms with E-state index in [0.29, 0.717) is 21.9 Å². The normalized spacial score (nSPS) is 12.4. The zero-order valence-corrected chi connectivity index (χ0v) is 15.4. The minimum Gasteiger partial charge on any atom is -0.507 e. The molecule has 2 aromatic carbocycles. The first-order valence-electron chi connectivity index (χ1n) is 8.47. The van der Waals surface area contributed by atoms with Gasteiger partial charge in [0, 0.05) is 11.1 Å². The number of phenolic OH excluding ortho intramolecular Hbond substituents is 1. The van der Waals surface area contributed by atoms with Crippen LogP contribution in [0.2, 0.25) is 0 Å². The fraction of sp³-hybridized carbons (Fsp3) is 0.100. The predicted octanol–water partition coefficient (Wildman–Crippen LogP) is 3.36. The van der Waals surface area contributed by atoms with Crippen molar-refractivity contribution in [2.45, 2.75) is 22.8 Å². The van der Waals surface area contributed by atoms with Gasteiger partial charge in [-0.2, -0.15) is 5.10 Å². The molecule has 0 aliphatic carbocycles. The SMILES string of the molecule is CC(N)c1nn2ccc(Sc3ccccc3O)c2c(=O)n1-c1ccccc1. The van der Waals surface area contributed by atoms with Crippen molar-refractivity contribution in [3.05, 3.63) is 83.0 Å². The molecule has 2 aromatic heterocycles. The van der Waals surface area contributed by atoms with E-state index in [1.807, 2.05) is 48.5 Å². The van der Waals surface area contributed by atoms with Gasteiger partial charge in [0.15, 0.2) is 5.82 Å². The second-order valence-corrected chi connectivity index (χ2v) is 7.25. The van der Waals surface area contributed by atoms with Crippen molar-refractivity contribution in [3.8, 4) is 11.4 Å². The quantitative estimate of drug-likeness (QED) is 0.569. The molecule has 0 aliphatic rings. The van der Waals surface area contributed by atoms with Gasteiger partial charge in [-0.05, 0) is 37.3 Å². The molecule has 7 heteroatoms. The monoisotopic (exact) mass is 378 g/mol. The lowest BCUT2D eigenvalue weighted by atomic mass is 10.2. The van der Waals surface area contributed by atoms with Crippen LogP contribution in [0, 0.1) is 0 Å². The predicted molar refractivity (Wildman–Crippen MR) is 106 cm³/mol. The minimum atomic E-state index is -0.418. The van der Waals surface area contributed by atoms with Crippen molar-refractivity contribution in [2.75, 3.05) is 0 Å². The summed E-state index contributed by atoms with van der Waals surface area (Å²) < 4.78 is 3.11. The zero-order valence-electron chi connectivity index (χ0n) is 14.6. The van der Waals surface area contributed by atoms with Crippen molar-refractivity contribution in [3.63, 3.8) is 0 Å². The summed E-state index contributed by atoms with van der Waals surface area (Å²) in [5.74, 6) is 0.652. The molecule has 0 amide bonds. The van der Waals surface area contributed by atoms with Gasteiger partial charge in [0.05, 0.1) is 16.6 Å². The number of hydrogen-bond donors (Lipinski definition) is 2. The van der Waals surface area contributed by atoms with Crippen molar-refractivity contribution in [1.29, 1.82) is 0 Å².